The second kappa shape index (κ2) is 4.91. The van der Waals surface area contributed by atoms with Gasteiger partial charge in [-0.15, -0.1) is 0 Å². The Labute approximate surface area is 70.9 Å². The molecule has 0 aliphatic carbocycles. The zero-order valence-electron chi connectivity index (χ0n) is 6.24. The summed E-state index contributed by atoms with van der Waals surface area (Å²) in [6.45, 7) is 0. The first-order valence-corrected chi connectivity index (χ1v) is 6.75. The van der Waals surface area contributed by atoms with Crippen LogP contribution in [0.15, 0.2) is 0 Å². The van der Waals surface area contributed by atoms with Crippen molar-refractivity contribution in [2.45, 2.75) is 0 Å². The molecule has 0 aliphatic rings. The Morgan fingerprint density at radius 2 is 1.18 bits per heavy atom. The van der Waals surface area contributed by atoms with Crippen molar-refractivity contribution in [2.24, 2.45) is 0 Å². The molecule has 0 heterocycles. The van der Waals surface area contributed by atoms with E-state index >= 15 is 0 Å². The van der Waals surface area contributed by atoms with E-state index in [9.17, 15) is 16.8 Å². The summed E-state index contributed by atoms with van der Waals surface area (Å²) >= 11 is 0. The molecule has 5 nitrogen and oxygen atoms in total. The largest absolute Gasteiger partial charge is 0.274 e. The second-order valence-corrected chi connectivity index (χ2v) is 6.34. The van der Waals surface area contributed by atoms with E-state index in [4.69, 9.17) is 0 Å². The summed E-state index contributed by atoms with van der Waals surface area (Å²) in [6, 6.07) is 0. The molecular formula is C3H9ClO5S2. The van der Waals surface area contributed by atoms with Gasteiger partial charge in [0.2, 0.25) is 9.05 Å². The molecule has 0 unspecified atom stereocenters. The molecule has 0 fully saturated rings. The van der Waals surface area contributed by atoms with Crippen LogP contribution in [-0.2, 0) is 23.4 Å². The molecule has 0 aromatic heterocycles. The van der Waals surface area contributed by atoms with Crippen LogP contribution in [0.3, 0.4) is 0 Å². The van der Waals surface area contributed by atoms with Gasteiger partial charge < -0.3 is 0 Å². The van der Waals surface area contributed by atoms with Crippen LogP contribution < -0.4 is 0 Å². The predicted molar refractivity (Wildman–Crippen MR) is 42.5 cm³/mol. The fourth-order valence-electron chi connectivity index (χ4n) is 0. The Morgan fingerprint density at radius 3 is 1.18 bits per heavy atom. The first-order valence-electron chi connectivity index (χ1n) is 2.21. The van der Waals surface area contributed by atoms with Crippen LogP contribution in [0.4, 0.5) is 0 Å². The summed E-state index contributed by atoms with van der Waals surface area (Å²) in [5.41, 5.74) is 0. The zero-order valence-corrected chi connectivity index (χ0v) is 8.62. The Morgan fingerprint density at radius 1 is 1.09 bits per heavy atom. The van der Waals surface area contributed by atoms with Gasteiger partial charge in [-0.2, -0.15) is 8.42 Å². The third-order valence-corrected chi connectivity index (χ3v) is 0.908. The van der Waals surface area contributed by atoms with E-state index in [0.717, 1.165) is 19.6 Å². The summed E-state index contributed by atoms with van der Waals surface area (Å²) < 4.78 is 42.3. The highest BCUT2D eigenvalue weighted by Gasteiger charge is 1.90. The molecule has 0 aromatic carbocycles. The van der Waals surface area contributed by atoms with Crippen LogP contribution in [-0.4, -0.2) is 36.5 Å². The van der Waals surface area contributed by atoms with E-state index < -0.39 is 19.2 Å². The highest BCUT2D eigenvalue weighted by Crippen LogP contribution is 1.83. The van der Waals surface area contributed by atoms with Crippen LogP contribution in [0.1, 0.15) is 0 Å². The Hall–Kier alpha value is 0.150. The number of hydrogen-bond acceptors (Lipinski definition) is 5. The highest BCUT2D eigenvalue weighted by atomic mass is 35.7. The number of rotatable bonds is 1. The molecular weight excluding hydrogens is 216 g/mol. The molecule has 0 rings (SSSR count). The maximum atomic E-state index is 9.78. The normalized spacial score (nSPS) is 11.6. The summed E-state index contributed by atoms with van der Waals surface area (Å²) in [6.07, 6.45) is 1.92. The molecule has 0 saturated carbocycles. The van der Waals surface area contributed by atoms with Gasteiger partial charge in [-0.3, -0.25) is 4.18 Å². The van der Waals surface area contributed by atoms with Crippen LogP contribution in [0.2, 0.25) is 0 Å². The maximum Gasteiger partial charge on any atom is 0.264 e. The lowest BCUT2D eigenvalue weighted by Gasteiger charge is -1.84. The summed E-state index contributed by atoms with van der Waals surface area (Å²) in [4.78, 5) is 0. The molecule has 0 aromatic rings. The molecule has 0 radical (unpaired) electrons. The van der Waals surface area contributed by atoms with Gasteiger partial charge in [-0.25, -0.2) is 8.42 Å². The van der Waals surface area contributed by atoms with E-state index in [2.05, 4.69) is 14.9 Å². The average Bonchev–Trinajstić information content (AvgIpc) is 1.59. The van der Waals surface area contributed by atoms with Gasteiger partial charge in [0.05, 0.1) is 19.6 Å². The third-order valence-electron chi connectivity index (χ3n) is 0.303. The van der Waals surface area contributed by atoms with E-state index in [1.165, 1.54) is 0 Å². The van der Waals surface area contributed by atoms with E-state index in [0.29, 0.717) is 0 Å². The van der Waals surface area contributed by atoms with Gasteiger partial charge >= 0.3 is 0 Å². The summed E-state index contributed by atoms with van der Waals surface area (Å²) in [7, 11) is -0.734. The Bertz CT molecular complexity index is 267. The molecule has 0 bridgehead atoms. The van der Waals surface area contributed by atoms with Crippen molar-refractivity contribution in [1.29, 1.82) is 0 Å². The van der Waals surface area contributed by atoms with Crippen molar-refractivity contribution >= 4 is 29.9 Å². The molecule has 70 valence electrons. The van der Waals surface area contributed by atoms with Crippen molar-refractivity contribution in [3.05, 3.63) is 0 Å². The predicted octanol–water partition coefficient (Wildman–Crippen LogP) is -0.223. The monoisotopic (exact) mass is 224 g/mol. The minimum atomic E-state index is -3.19. The molecule has 0 spiro atoms. The molecule has 0 atom stereocenters. The SMILES string of the molecule is COS(C)(=O)=O.CS(=O)(=O)Cl. The van der Waals surface area contributed by atoms with Gasteiger partial charge in [-0.05, 0) is 0 Å². The topological polar surface area (TPSA) is 77.5 Å². The average molecular weight is 225 g/mol. The second-order valence-electron chi connectivity index (χ2n) is 1.55. The molecule has 0 saturated heterocycles. The number of hydrogen-bond donors (Lipinski definition) is 0. The molecule has 11 heavy (non-hydrogen) atoms. The smallest absolute Gasteiger partial charge is 0.264 e. The van der Waals surface area contributed by atoms with Crippen molar-refractivity contribution in [3.8, 4) is 0 Å². The number of halogens is 1. The van der Waals surface area contributed by atoms with Crippen LogP contribution in [0.25, 0.3) is 0 Å². The van der Waals surface area contributed by atoms with Crippen molar-refractivity contribution in [2.75, 3.05) is 19.6 Å². The van der Waals surface area contributed by atoms with E-state index in [1.807, 2.05) is 0 Å². The molecule has 8 heteroatoms. The van der Waals surface area contributed by atoms with Gasteiger partial charge in [-0.1, -0.05) is 0 Å². The lowest BCUT2D eigenvalue weighted by molar-refractivity contribution is 0.403. The fraction of sp³-hybridized carbons (Fsp3) is 1.00. The van der Waals surface area contributed by atoms with Crippen molar-refractivity contribution in [1.82, 2.24) is 0 Å². The van der Waals surface area contributed by atoms with Crippen LogP contribution >= 0.6 is 10.7 Å². The van der Waals surface area contributed by atoms with Gasteiger partial charge in [0.25, 0.3) is 10.1 Å². The standard InChI is InChI=1S/C2H6O3S.CH3ClO2S/c1-5-6(2,3)4;1-5(2,3)4/h1-2H3;1H3. The minimum absolute atomic E-state index is 0.925. The Kier molecular flexibility index (Phi) is 6.13. The maximum absolute atomic E-state index is 9.78. The minimum Gasteiger partial charge on any atom is -0.274 e. The summed E-state index contributed by atoms with van der Waals surface area (Å²) in [5.74, 6) is 0. The lowest BCUT2D eigenvalue weighted by Crippen LogP contribution is -1.95. The van der Waals surface area contributed by atoms with Gasteiger partial charge in [0.15, 0.2) is 0 Å². The van der Waals surface area contributed by atoms with Crippen molar-refractivity contribution < 1.29 is 21.0 Å². The van der Waals surface area contributed by atoms with E-state index in [-0.39, 0.29) is 0 Å². The fourth-order valence-corrected chi connectivity index (χ4v) is 0. The third kappa shape index (κ3) is 67.9. The zero-order chi connectivity index (χ0) is 9.71. The summed E-state index contributed by atoms with van der Waals surface area (Å²) in [5, 5.41) is 0. The van der Waals surface area contributed by atoms with Crippen LogP contribution in [0.5, 0.6) is 0 Å². The van der Waals surface area contributed by atoms with Gasteiger partial charge in [0, 0.05) is 10.7 Å². The first-order chi connectivity index (χ1) is 4.56. The Balaban J connectivity index is 0. The quantitative estimate of drug-likeness (QED) is 0.455. The van der Waals surface area contributed by atoms with E-state index in [1.54, 1.807) is 0 Å². The first kappa shape index (κ1) is 13.7. The highest BCUT2D eigenvalue weighted by molar-refractivity contribution is 8.13. The van der Waals surface area contributed by atoms with Crippen molar-refractivity contribution in [3.63, 3.8) is 0 Å². The molecule has 0 aliphatic heterocycles. The van der Waals surface area contributed by atoms with Crippen LogP contribution in [0, 0.1) is 0 Å². The lowest BCUT2D eigenvalue weighted by atomic mass is 11.8. The molecule has 0 N–H and O–H groups in total. The molecule has 0 amide bonds. The van der Waals surface area contributed by atoms with Gasteiger partial charge in [0.1, 0.15) is 0 Å².